The number of phenols is 1. The zero-order valence-corrected chi connectivity index (χ0v) is 45.8. The van der Waals surface area contributed by atoms with Gasteiger partial charge in [0.05, 0.1) is 24.6 Å². The number of carboxylic acid groups (broad SMARTS) is 1. The molecule has 2 heterocycles. The molecule has 0 radical (unpaired) electrons. The molecule has 1 aromatic heterocycles. The summed E-state index contributed by atoms with van der Waals surface area (Å²) in [5, 5.41) is 30.3. The van der Waals surface area contributed by atoms with E-state index < -0.39 is 52.2 Å². The summed E-state index contributed by atoms with van der Waals surface area (Å²) in [4.78, 5) is 80.6. The van der Waals surface area contributed by atoms with Crippen LogP contribution in [-0.2, 0) is 16.0 Å². The van der Waals surface area contributed by atoms with Crippen molar-refractivity contribution in [1.29, 1.82) is 0 Å². The molecule has 0 spiro atoms. The summed E-state index contributed by atoms with van der Waals surface area (Å²) in [7, 11) is 1.53. The molecule has 1 atom stereocenters. The van der Waals surface area contributed by atoms with Crippen molar-refractivity contribution < 1.29 is 52.1 Å². The lowest BCUT2D eigenvalue weighted by Gasteiger charge is -2.19. The number of carboxylic acids is 1. The van der Waals surface area contributed by atoms with E-state index in [0.717, 1.165) is 56.0 Å². The Bertz CT molecular complexity index is 3340. The predicted octanol–water partition coefficient (Wildman–Crippen LogP) is 13.1. The van der Waals surface area contributed by atoms with Crippen LogP contribution >= 0.6 is 11.6 Å². The van der Waals surface area contributed by atoms with Gasteiger partial charge in [0.1, 0.15) is 23.1 Å². The predicted molar refractivity (Wildman–Crippen MR) is 303 cm³/mol. The fraction of sp³-hybridized carbons (Fsp3) is 0.387. The molecule has 1 unspecified atom stereocenters. The van der Waals surface area contributed by atoms with Crippen LogP contribution in [0.3, 0.4) is 0 Å². The van der Waals surface area contributed by atoms with Crippen LogP contribution < -0.4 is 26.1 Å². The first-order valence-electron chi connectivity index (χ1n) is 27.4. The number of aromatic carboxylic acids is 1. The summed E-state index contributed by atoms with van der Waals surface area (Å²) in [6, 6.07) is 18.3. The minimum Gasteiger partial charge on any atom is -0.505 e. The molecule has 418 valence electrons. The van der Waals surface area contributed by atoms with E-state index in [0.29, 0.717) is 57.9 Å². The maximum absolute atomic E-state index is 14.8. The number of hydrogen-bond acceptors (Lipinski definition) is 9. The maximum Gasteiger partial charge on any atom is 0.336 e. The van der Waals surface area contributed by atoms with Crippen molar-refractivity contribution >= 4 is 63.1 Å². The molecule has 1 aliphatic carbocycles. The van der Waals surface area contributed by atoms with Crippen molar-refractivity contribution in [3.05, 3.63) is 140 Å². The lowest BCUT2D eigenvalue weighted by Crippen LogP contribution is -2.47. The second-order valence-electron chi connectivity index (χ2n) is 20.2. The van der Waals surface area contributed by atoms with Crippen LogP contribution in [0.5, 0.6) is 11.5 Å². The highest BCUT2D eigenvalue weighted by molar-refractivity contribution is 6.30. The number of aromatic hydroxyl groups is 1. The number of aromatic nitrogens is 1. The average Bonchev–Trinajstić information content (AvgIpc) is 3.85. The van der Waals surface area contributed by atoms with Crippen molar-refractivity contribution in [2.24, 2.45) is 0 Å². The van der Waals surface area contributed by atoms with Gasteiger partial charge in [0.15, 0.2) is 17.4 Å². The monoisotopic (exact) mass is 1100 g/mol. The second-order valence-corrected chi connectivity index (χ2v) is 20.6. The van der Waals surface area contributed by atoms with Gasteiger partial charge in [-0.3, -0.25) is 28.5 Å². The summed E-state index contributed by atoms with van der Waals surface area (Å²) in [5.74, 6) is -5.80. The second kappa shape index (κ2) is 28.3. The van der Waals surface area contributed by atoms with Crippen LogP contribution in [0.15, 0.2) is 94.1 Å². The number of phenolic OH excluding ortho intramolecular Hbond substituents is 1. The minimum atomic E-state index is -1.46. The van der Waals surface area contributed by atoms with E-state index in [9.17, 15) is 47.8 Å². The summed E-state index contributed by atoms with van der Waals surface area (Å²) < 4.78 is 42.3. The molecular weight excluding hydrogens is 1030 g/mol. The van der Waals surface area contributed by atoms with Gasteiger partial charge in [-0.15, -0.1) is 0 Å². The van der Waals surface area contributed by atoms with E-state index in [-0.39, 0.29) is 70.2 Å². The van der Waals surface area contributed by atoms with E-state index in [1.165, 1.54) is 83.5 Å². The molecule has 0 fully saturated rings. The number of benzene rings is 5. The Kier molecular flexibility index (Phi) is 21.2. The Balaban J connectivity index is 1.00. The van der Waals surface area contributed by atoms with Crippen molar-refractivity contribution in [1.82, 2.24) is 20.5 Å². The number of methoxy groups -OCH3 is 1. The van der Waals surface area contributed by atoms with Crippen LogP contribution in [0, 0.1) is 18.6 Å². The summed E-state index contributed by atoms with van der Waals surface area (Å²) in [6.07, 6.45) is 17.6. The third-order valence-corrected chi connectivity index (χ3v) is 14.7. The minimum absolute atomic E-state index is 0.00458. The maximum atomic E-state index is 14.8. The van der Waals surface area contributed by atoms with E-state index in [4.69, 9.17) is 20.8 Å². The van der Waals surface area contributed by atoms with Crippen LogP contribution in [0.25, 0.3) is 44.3 Å². The van der Waals surface area contributed by atoms with Crippen molar-refractivity contribution in [2.75, 3.05) is 20.2 Å². The van der Waals surface area contributed by atoms with Crippen LogP contribution in [-0.4, -0.2) is 70.6 Å². The van der Waals surface area contributed by atoms with Crippen molar-refractivity contribution in [2.45, 2.75) is 135 Å². The Hall–Kier alpha value is -7.59. The Morgan fingerprint density at radius 3 is 2.00 bits per heavy atom. The number of fused-ring (bicyclic) bond motifs is 3. The number of unbranched alkanes of at least 4 members (excludes halogenated alkanes) is 14. The number of carbonyl (C=O) groups excluding carboxylic acids is 4. The number of rotatable bonds is 29. The number of amides is 3. The molecule has 0 saturated carbocycles. The SMILES string of the molecule is CCCCCCCCCCCCCCCCNC(=O)C(CCCCNC(=O)c1ccc(-c2c3cc(F)c(=O)cc-3oc3cc(O)c(F)cc23)c(C(=O)O)c1)NC(=O)Cc1c(C)n(C(=O)c2ccc(Cl)cc2)c2ccc(OC)cc12. The zero-order chi connectivity index (χ0) is 56.6. The van der Waals surface area contributed by atoms with Crippen molar-refractivity contribution in [3.8, 4) is 33.9 Å². The van der Waals surface area contributed by atoms with Gasteiger partial charge in [-0.25, -0.2) is 13.6 Å². The largest absolute Gasteiger partial charge is 0.505 e. The van der Waals surface area contributed by atoms with Crippen LogP contribution in [0.1, 0.15) is 158 Å². The number of nitrogens with zero attached hydrogens (tertiary/aromatic N) is 1. The van der Waals surface area contributed by atoms with Gasteiger partial charge >= 0.3 is 5.97 Å². The first-order valence-corrected chi connectivity index (χ1v) is 27.8. The molecule has 5 N–H and O–H groups in total. The normalized spacial score (nSPS) is 11.8. The van der Waals surface area contributed by atoms with Gasteiger partial charge in [-0.05, 0) is 110 Å². The van der Waals surface area contributed by atoms with E-state index in [2.05, 4.69) is 22.9 Å². The number of carbonyl (C=O) groups is 5. The third kappa shape index (κ3) is 15.2. The average molecular weight is 1100 g/mol. The zero-order valence-electron chi connectivity index (χ0n) is 45.0. The molecule has 2 aliphatic rings. The van der Waals surface area contributed by atoms with E-state index >= 15 is 0 Å². The Labute approximate surface area is 463 Å². The fourth-order valence-electron chi connectivity index (χ4n) is 10.2. The van der Waals surface area contributed by atoms with Crippen LogP contribution in [0.2, 0.25) is 5.02 Å². The molecule has 0 saturated heterocycles. The van der Waals surface area contributed by atoms with Gasteiger partial charge in [-0.2, -0.15) is 0 Å². The molecule has 5 aromatic rings. The summed E-state index contributed by atoms with van der Waals surface area (Å²) in [5.41, 5.74) is 0.460. The lowest BCUT2D eigenvalue weighted by atomic mass is 9.89. The summed E-state index contributed by atoms with van der Waals surface area (Å²) in [6.45, 7) is 4.54. The van der Waals surface area contributed by atoms with Crippen molar-refractivity contribution in [3.63, 3.8) is 0 Å². The highest BCUT2D eigenvalue weighted by Crippen LogP contribution is 2.43. The number of nitrogens with one attached hydrogen (secondary N) is 3. The number of halogens is 3. The highest BCUT2D eigenvalue weighted by atomic mass is 35.5. The van der Waals surface area contributed by atoms with Gasteiger partial charge in [0, 0.05) is 69.0 Å². The smallest absolute Gasteiger partial charge is 0.336 e. The van der Waals surface area contributed by atoms with E-state index in [1.54, 1.807) is 54.0 Å². The number of ether oxygens (including phenoxy) is 1. The fourth-order valence-corrected chi connectivity index (χ4v) is 10.3. The molecule has 1 aliphatic heterocycles. The highest BCUT2D eigenvalue weighted by Gasteiger charge is 2.28. The standard InChI is InChI=1S/C62H69ClF2N4O10/c1-4-5-6-7-8-9-10-11-12-13-14-15-16-18-29-67-60(74)51(68-57(72)35-44-38(2)69(52-28-26-42(78-3)32-45(44)52)61(75)39-21-24-41(63)25-22-39)20-17-19-30-66-59(73)40-23-27-43(46(31-40)62(76)77)58-47-33-49(64)53(70)36-55(47)79-56-37-54(71)50(65)34-48(56)58/h21-28,31-34,36-37,51,70H,4-20,29-30,35H2,1-3H3,(H,66,73)(H,67,74)(H,68,72)(H,76,77). The Morgan fingerprint density at radius 1 is 0.709 bits per heavy atom. The molecule has 14 nitrogen and oxygen atoms in total. The van der Waals surface area contributed by atoms with E-state index in [1.807, 2.05) is 0 Å². The molecule has 7 rings (SSSR count). The topological polar surface area (TPSA) is 206 Å². The summed E-state index contributed by atoms with van der Waals surface area (Å²) >= 11 is 6.12. The third-order valence-electron chi connectivity index (χ3n) is 14.5. The Morgan fingerprint density at radius 2 is 1.34 bits per heavy atom. The molecule has 3 amide bonds. The number of hydrogen-bond donors (Lipinski definition) is 5. The van der Waals surface area contributed by atoms with Gasteiger partial charge in [0.25, 0.3) is 11.8 Å². The first-order chi connectivity index (χ1) is 38.1. The molecule has 0 bridgehead atoms. The van der Waals surface area contributed by atoms with Gasteiger partial charge in [0.2, 0.25) is 17.2 Å². The molecule has 79 heavy (non-hydrogen) atoms. The lowest BCUT2D eigenvalue weighted by molar-refractivity contribution is -0.128. The molecular formula is C62H69ClF2N4O10. The van der Waals surface area contributed by atoms with Gasteiger partial charge < -0.3 is 35.3 Å². The molecule has 4 aromatic carbocycles. The first kappa shape index (κ1) is 59.1. The van der Waals surface area contributed by atoms with Gasteiger partial charge in [-0.1, -0.05) is 108 Å². The quantitative estimate of drug-likeness (QED) is 0.0221. The van der Waals surface area contributed by atoms with Crippen LogP contribution in [0.4, 0.5) is 8.78 Å². The molecule has 17 heteroatoms.